The van der Waals surface area contributed by atoms with Crippen molar-refractivity contribution in [3.8, 4) is 0 Å². The Morgan fingerprint density at radius 3 is 2.14 bits per heavy atom. The molecule has 0 amide bonds. The Morgan fingerprint density at radius 1 is 0.818 bits per heavy atom. The molecule has 2 aromatic heterocycles. The highest BCUT2D eigenvalue weighted by Crippen LogP contribution is 2.26. The van der Waals surface area contributed by atoms with E-state index in [1.165, 1.54) is 31.0 Å². The van der Waals surface area contributed by atoms with Gasteiger partial charge in [0, 0.05) is 30.2 Å². The van der Waals surface area contributed by atoms with Gasteiger partial charge in [-0.15, -0.1) is 0 Å². The summed E-state index contributed by atoms with van der Waals surface area (Å²) in [6.07, 6.45) is 3.75. The first-order valence-electron chi connectivity index (χ1n) is 7.71. The summed E-state index contributed by atoms with van der Waals surface area (Å²) in [5, 5.41) is 1.67. The summed E-state index contributed by atoms with van der Waals surface area (Å²) in [5.41, 5.74) is 2.96. The van der Waals surface area contributed by atoms with Crippen molar-refractivity contribution in [2.24, 2.45) is 0 Å². The standard InChI is InChI=1S/C16H21N5S/c1-11-9-12(2)19-16(18-11)22-14-10-13(3)17-15(20-14)21-7-5-4-6-8-21/h9-10H,4-8H2,1-3H3. The van der Waals surface area contributed by atoms with Crippen LogP contribution >= 0.6 is 11.8 Å². The van der Waals surface area contributed by atoms with Gasteiger partial charge in [0.1, 0.15) is 5.03 Å². The summed E-state index contributed by atoms with van der Waals surface area (Å²) in [4.78, 5) is 20.5. The van der Waals surface area contributed by atoms with E-state index in [-0.39, 0.29) is 0 Å². The van der Waals surface area contributed by atoms with Gasteiger partial charge in [-0.3, -0.25) is 0 Å². The van der Waals surface area contributed by atoms with Gasteiger partial charge in [-0.05, 0) is 63.9 Å². The molecule has 0 N–H and O–H groups in total. The van der Waals surface area contributed by atoms with Gasteiger partial charge in [-0.2, -0.15) is 0 Å². The molecule has 0 atom stereocenters. The minimum Gasteiger partial charge on any atom is -0.341 e. The largest absolute Gasteiger partial charge is 0.341 e. The van der Waals surface area contributed by atoms with Crippen molar-refractivity contribution < 1.29 is 0 Å². The van der Waals surface area contributed by atoms with E-state index in [1.54, 1.807) is 0 Å². The van der Waals surface area contributed by atoms with E-state index < -0.39 is 0 Å². The second-order valence-corrected chi connectivity index (χ2v) is 6.72. The van der Waals surface area contributed by atoms with Crippen LogP contribution in [0.1, 0.15) is 36.3 Å². The summed E-state index contributed by atoms with van der Waals surface area (Å²) in [6.45, 7) is 8.09. The van der Waals surface area contributed by atoms with Crippen molar-refractivity contribution in [1.29, 1.82) is 0 Å². The van der Waals surface area contributed by atoms with Crippen LogP contribution in [-0.4, -0.2) is 33.0 Å². The van der Waals surface area contributed by atoms with Crippen LogP contribution in [0.3, 0.4) is 0 Å². The van der Waals surface area contributed by atoms with Gasteiger partial charge in [-0.1, -0.05) is 0 Å². The van der Waals surface area contributed by atoms with Crippen LogP contribution in [0.15, 0.2) is 22.3 Å². The van der Waals surface area contributed by atoms with E-state index >= 15 is 0 Å². The zero-order chi connectivity index (χ0) is 15.5. The van der Waals surface area contributed by atoms with Gasteiger partial charge in [0.05, 0.1) is 0 Å². The topological polar surface area (TPSA) is 54.8 Å². The van der Waals surface area contributed by atoms with E-state index in [1.807, 2.05) is 32.9 Å². The van der Waals surface area contributed by atoms with Crippen molar-refractivity contribution in [2.45, 2.75) is 50.2 Å². The van der Waals surface area contributed by atoms with Crippen LogP contribution < -0.4 is 4.90 Å². The summed E-state index contributed by atoms with van der Waals surface area (Å²) >= 11 is 1.51. The molecule has 1 saturated heterocycles. The van der Waals surface area contributed by atoms with Crippen LogP contribution in [0, 0.1) is 20.8 Å². The molecular weight excluding hydrogens is 294 g/mol. The molecule has 2 aromatic rings. The third kappa shape index (κ3) is 3.74. The van der Waals surface area contributed by atoms with Crippen molar-refractivity contribution >= 4 is 17.7 Å². The molecule has 3 heterocycles. The number of piperidine rings is 1. The van der Waals surface area contributed by atoms with E-state index in [2.05, 4.69) is 19.9 Å². The molecule has 1 aliphatic heterocycles. The second-order valence-electron chi connectivity index (χ2n) is 5.73. The van der Waals surface area contributed by atoms with Crippen molar-refractivity contribution in [2.75, 3.05) is 18.0 Å². The molecule has 0 spiro atoms. The van der Waals surface area contributed by atoms with Gasteiger partial charge in [0.25, 0.3) is 0 Å². The minimum absolute atomic E-state index is 0.750. The molecule has 116 valence electrons. The number of aromatic nitrogens is 4. The van der Waals surface area contributed by atoms with Crippen molar-refractivity contribution in [3.05, 3.63) is 29.2 Å². The molecule has 0 unspecified atom stereocenters. The summed E-state index contributed by atoms with van der Waals surface area (Å²) in [5.74, 6) is 0.839. The van der Waals surface area contributed by atoms with Gasteiger partial charge < -0.3 is 4.90 Å². The monoisotopic (exact) mass is 315 g/mol. The predicted octanol–water partition coefficient (Wildman–Crippen LogP) is 3.33. The van der Waals surface area contributed by atoms with Crippen LogP contribution in [-0.2, 0) is 0 Å². The van der Waals surface area contributed by atoms with E-state index in [0.717, 1.165) is 46.3 Å². The summed E-state index contributed by atoms with van der Waals surface area (Å²) < 4.78 is 0. The maximum atomic E-state index is 4.71. The van der Waals surface area contributed by atoms with Crippen molar-refractivity contribution in [3.63, 3.8) is 0 Å². The molecule has 3 rings (SSSR count). The van der Waals surface area contributed by atoms with Crippen LogP contribution in [0.2, 0.25) is 0 Å². The number of hydrogen-bond acceptors (Lipinski definition) is 6. The predicted molar refractivity (Wildman–Crippen MR) is 88.5 cm³/mol. The Hall–Kier alpha value is -1.69. The highest BCUT2D eigenvalue weighted by Gasteiger charge is 2.15. The first kappa shape index (κ1) is 15.2. The molecule has 0 aliphatic carbocycles. The zero-order valence-electron chi connectivity index (χ0n) is 13.3. The highest BCUT2D eigenvalue weighted by atomic mass is 32.2. The molecular formula is C16H21N5S. The van der Waals surface area contributed by atoms with Gasteiger partial charge in [-0.25, -0.2) is 19.9 Å². The van der Waals surface area contributed by atoms with Crippen LogP contribution in [0.25, 0.3) is 0 Å². The van der Waals surface area contributed by atoms with Gasteiger partial charge in [0.15, 0.2) is 5.16 Å². The van der Waals surface area contributed by atoms with Crippen LogP contribution in [0.4, 0.5) is 5.95 Å². The number of rotatable bonds is 3. The molecule has 0 bridgehead atoms. The number of hydrogen-bond donors (Lipinski definition) is 0. The Morgan fingerprint density at radius 2 is 1.45 bits per heavy atom. The third-order valence-corrected chi connectivity index (χ3v) is 4.40. The average Bonchev–Trinajstić information content (AvgIpc) is 2.46. The first-order valence-corrected chi connectivity index (χ1v) is 8.52. The molecule has 0 radical (unpaired) electrons. The number of nitrogens with zero attached hydrogens (tertiary/aromatic N) is 5. The lowest BCUT2D eigenvalue weighted by Gasteiger charge is -2.27. The highest BCUT2D eigenvalue weighted by molar-refractivity contribution is 7.99. The Kier molecular flexibility index (Phi) is 4.57. The van der Waals surface area contributed by atoms with Gasteiger partial charge >= 0.3 is 0 Å². The number of aryl methyl sites for hydroxylation is 3. The second kappa shape index (κ2) is 6.60. The fourth-order valence-electron chi connectivity index (χ4n) is 2.64. The molecule has 22 heavy (non-hydrogen) atoms. The van der Waals surface area contributed by atoms with Crippen molar-refractivity contribution in [1.82, 2.24) is 19.9 Å². The molecule has 0 saturated carbocycles. The van der Waals surface area contributed by atoms with E-state index in [0.29, 0.717) is 0 Å². The Bertz CT molecular complexity index is 647. The fraction of sp³-hybridized carbons (Fsp3) is 0.500. The third-order valence-electron chi connectivity index (χ3n) is 3.62. The molecule has 5 nitrogen and oxygen atoms in total. The number of anilines is 1. The lowest BCUT2D eigenvalue weighted by atomic mass is 10.1. The lowest BCUT2D eigenvalue weighted by Crippen LogP contribution is -2.31. The Labute approximate surface area is 135 Å². The smallest absolute Gasteiger partial charge is 0.226 e. The van der Waals surface area contributed by atoms with E-state index in [4.69, 9.17) is 4.98 Å². The van der Waals surface area contributed by atoms with E-state index in [9.17, 15) is 0 Å². The maximum Gasteiger partial charge on any atom is 0.226 e. The SMILES string of the molecule is Cc1cc(C)nc(Sc2cc(C)nc(N3CCCCC3)n2)n1. The maximum absolute atomic E-state index is 4.71. The quantitative estimate of drug-likeness (QED) is 0.639. The lowest BCUT2D eigenvalue weighted by molar-refractivity contribution is 0.566. The molecule has 1 fully saturated rings. The minimum atomic E-state index is 0.750. The summed E-state index contributed by atoms with van der Waals surface area (Å²) in [7, 11) is 0. The normalized spacial score (nSPS) is 15.1. The molecule has 1 aliphatic rings. The first-order chi connectivity index (χ1) is 10.6. The Balaban J connectivity index is 1.85. The fourth-order valence-corrected chi connectivity index (χ4v) is 3.57. The molecule has 0 aromatic carbocycles. The average molecular weight is 315 g/mol. The van der Waals surface area contributed by atoms with Crippen LogP contribution in [0.5, 0.6) is 0 Å². The zero-order valence-corrected chi connectivity index (χ0v) is 14.2. The van der Waals surface area contributed by atoms with Gasteiger partial charge in [0.2, 0.25) is 5.95 Å². The molecule has 6 heteroatoms. The summed E-state index contributed by atoms with van der Waals surface area (Å²) in [6, 6.07) is 3.98.